The molecule has 3 rings (SSSR count). The Morgan fingerprint density at radius 2 is 1.58 bits per heavy atom. The quantitative estimate of drug-likeness (QED) is 0.708. The number of halogens is 4. The van der Waals surface area contributed by atoms with Crippen molar-refractivity contribution in [2.75, 3.05) is 10.6 Å². The number of aromatic nitrogens is 3. The summed E-state index contributed by atoms with van der Waals surface area (Å²) in [5.74, 6) is -3.37. The van der Waals surface area contributed by atoms with Gasteiger partial charge in [0.1, 0.15) is 29.0 Å². The summed E-state index contributed by atoms with van der Waals surface area (Å²) in [5.41, 5.74) is -0.482. The molecule has 0 aliphatic carbocycles. The lowest BCUT2D eigenvalue weighted by atomic mass is 10.3. The van der Waals surface area contributed by atoms with Crippen LogP contribution in [0.2, 0.25) is 0 Å². The highest BCUT2D eigenvalue weighted by molar-refractivity contribution is 5.59. The lowest BCUT2D eigenvalue weighted by molar-refractivity contribution is 0.586. The van der Waals surface area contributed by atoms with Crippen molar-refractivity contribution in [3.8, 4) is 0 Å². The van der Waals surface area contributed by atoms with Crippen LogP contribution in [0.5, 0.6) is 0 Å². The molecule has 1 heterocycles. The largest absolute Gasteiger partial charge is 0.336 e. The number of benzene rings is 2. The van der Waals surface area contributed by atoms with Crippen molar-refractivity contribution in [1.29, 1.82) is 0 Å². The summed E-state index contributed by atoms with van der Waals surface area (Å²) in [6.45, 7) is 0. The fourth-order valence-electron chi connectivity index (χ4n) is 1.87. The van der Waals surface area contributed by atoms with Crippen LogP contribution < -0.4 is 10.6 Å². The molecule has 24 heavy (non-hydrogen) atoms. The molecule has 0 radical (unpaired) electrons. The van der Waals surface area contributed by atoms with Crippen molar-refractivity contribution in [2.45, 2.75) is 0 Å². The van der Waals surface area contributed by atoms with Gasteiger partial charge in [-0.1, -0.05) is 6.07 Å². The second kappa shape index (κ2) is 6.49. The standard InChI is InChI=1S/C15H9F4N5/c16-8-4-5-12(11(19)6-8)21-13-7-20-24-15(22-13)23-14-9(17)2-1-3-10(14)18/h1-7H,(H2,21,22,23,24). The molecule has 2 aromatic carbocycles. The maximum Gasteiger partial charge on any atom is 0.249 e. The summed E-state index contributed by atoms with van der Waals surface area (Å²) in [5, 5.41) is 12.1. The minimum atomic E-state index is -0.832. The van der Waals surface area contributed by atoms with Gasteiger partial charge in [-0.25, -0.2) is 17.6 Å². The second-order valence-electron chi connectivity index (χ2n) is 4.64. The van der Waals surface area contributed by atoms with Crippen LogP contribution in [0.25, 0.3) is 0 Å². The molecule has 0 aliphatic rings. The summed E-state index contributed by atoms with van der Waals surface area (Å²) >= 11 is 0. The Bertz CT molecular complexity index is 867. The molecule has 1 aromatic heterocycles. The highest BCUT2D eigenvalue weighted by Crippen LogP contribution is 2.23. The Morgan fingerprint density at radius 3 is 2.29 bits per heavy atom. The third-order valence-corrected chi connectivity index (χ3v) is 2.95. The van der Waals surface area contributed by atoms with Gasteiger partial charge >= 0.3 is 0 Å². The van der Waals surface area contributed by atoms with Crippen LogP contribution >= 0.6 is 0 Å². The van der Waals surface area contributed by atoms with E-state index in [0.29, 0.717) is 6.07 Å². The SMILES string of the molecule is Fc1ccc(Nc2cnnc(Nc3c(F)cccc3F)n2)c(F)c1. The monoisotopic (exact) mass is 335 g/mol. The molecule has 5 nitrogen and oxygen atoms in total. The maximum atomic E-state index is 13.6. The molecular formula is C15H9F4N5. The van der Waals surface area contributed by atoms with E-state index in [1.165, 1.54) is 18.3 Å². The number of anilines is 4. The normalized spacial score (nSPS) is 10.5. The maximum absolute atomic E-state index is 13.6. The zero-order valence-electron chi connectivity index (χ0n) is 11.9. The number of nitrogens with one attached hydrogen (secondary N) is 2. The van der Waals surface area contributed by atoms with Crippen molar-refractivity contribution >= 4 is 23.1 Å². The smallest absolute Gasteiger partial charge is 0.249 e. The highest BCUT2D eigenvalue weighted by atomic mass is 19.1. The van der Waals surface area contributed by atoms with Gasteiger partial charge in [0.15, 0.2) is 5.82 Å². The second-order valence-corrected chi connectivity index (χ2v) is 4.64. The first kappa shape index (κ1) is 15.7. The first-order valence-corrected chi connectivity index (χ1v) is 6.66. The van der Waals surface area contributed by atoms with Crippen molar-refractivity contribution < 1.29 is 17.6 Å². The zero-order chi connectivity index (χ0) is 17.1. The number of hydrogen-bond donors (Lipinski definition) is 2. The third kappa shape index (κ3) is 3.40. The van der Waals surface area contributed by atoms with Crippen LogP contribution in [0.1, 0.15) is 0 Å². The number of rotatable bonds is 4. The van der Waals surface area contributed by atoms with Crippen molar-refractivity contribution in [1.82, 2.24) is 15.2 Å². The summed E-state index contributed by atoms with van der Waals surface area (Å²) in [6.07, 6.45) is 1.17. The molecule has 0 amide bonds. The summed E-state index contributed by atoms with van der Waals surface area (Å²) in [4.78, 5) is 3.92. The molecule has 0 unspecified atom stereocenters. The molecule has 0 bridgehead atoms. The fraction of sp³-hybridized carbons (Fsp3) is 0. The van der Waals surface area contributed by atoms with E-state index in [-0.39, 0.29) is 17.5 Å². The van der Waals surface area contributed by atoms with Gasteiger partial charge in [0.25, 0.3) is 0 Å². The Labute approximate surface area is 133 Å². The Morgan fingerprint density at radius 1 is 0.833 bits per heavy atom. The van der Waals surface area contributed by atoms with Crippen molar-refractivity contribution in [2.24, 2.45) is 0 Å². The van der Waals surface area contributed by atoms with E-state index >= 15 is 0 Å². The molecule has 122 valence electrons. The Hall–Kier alpha value is -3.23. The molecule has 2 N–H and O–H groups in total. The van der Waals surface area contributed by atoms with E-state index in [0.717, 1.165) is 18.2 Å². The summed E-state index contributed by atoms with van der Waals surface area (Å²) < 4.78 is 53.7. The van der Waals surface area contributed by atoms with Gasteiger partial charge in [-0.15, -0.1) is 5.10 Å². The Kier molecular flexibility index (Phi) is 4.23. The average Bonchev–Trinajstić information content (AvgIpc) is 2.54. The molecule has 0 atom stereocenters. The lowest BCUT2D eigenvalue weighted by Gasteiger charge is -2.09. The molecule has 0 aliphatic heterocycles. The van der Waals surface area contributed by atoms with Crippen LogP contribution in [0.4, 0.5) is 40.7 Å². The topological polar surface area (TPSA) is 62.7 Å². The lowest BCUT2D eigenvalue weighted by Crippen LogP contribution is -2.05. The van der Waals surface area contributed by atoms with E-state index in [4.69, 9.17) is 0 Å². The Balaban J connectivity index is 1.84. The van der Waals surface area contributed by atoms with Crippen molar-refractivity contribution in [3.05, 3.63) is 65.9 Å². The number of hydrogen-bond acceptors (Lipinski definition) is 5. The van der Waals surface area contributed by atoms with Crippen LogP contribution in [-0.2, 0) is 0 Å². The first-order chi connectivity index (χ1) is 11.5. The van der Waals surface area contributed by atoms with Crippen LogP contribution in [0.3, 0.4) is 0 Å². The summed E-state index contributed by atoms with van der Waals surface area (Å²) in [6, 6.07) is 6.28. The van der Waals surface area contributed by atoms with Crippen LogP contribution in [0, 0.1) is 23.3 Å². The van der Waals surface area contributed by atoms with Crippen molar-refractivity contribution in [3.63, 3.8) is 0 Å². The predicted molar refractivity (Wildman–Crippen MR) is 79.1 cm³/mol. The number of nitrogens with zero attached hydrogens (tertiary/aromatic N) is 3. The van der Waals surface area contributed by atoms with E-state index in [1.807, 2.05) is 0 Å². The average molecular weight is 335 g/mol. The van der Waals surface area contributed by atoms with Gasteiger partial charge in [-0.05, 0) is 24.3 Å². The molecule has 0 saturated heterocycles. The molecule has 0 saturated carbocycles. The van der Waals surface area contributed by atoms with Gasteiger partial charge < -0.3 is 10.6 Å². The molecular weight excluding hydrogens is 326 g/mol. The van der Waals surface area contributed by atoms with Gasteiger partial charge in [-0.2, -0.15) is 10.1 Å². The first-order valence-electron chi connectivity index (χ1n) is 6.66. The van der Waals surface area contributed by atoms with Gasteiger partial charge in [0, 0.05) is 6.07 Å². The van der Waals surface area contributed by atoms with E-state index in [1.54, 1.807) is 0 Å². The van der Waals surface area contributed by atoms with Gasteiger partial charge in [0.2, 0.25) is 5.95 Å². The van der Waals surface area contributed by atoms with Crippen LogP contribution in [0.15, 0.2) is 42.6 Å². The third-order valence-electron chi connectivity index (χ3n) is 2.95. The molecule has 0 fully saturated rings. The molecule has 0 spiro atoms. The molecule has 9 heteroatoms. The minimum Gasteiger partial charge on any atom is -0.336 e. The van der Waals surface area contributed by atoms with Crippen LogP contribution in [-0.4, -0.2) is 15.2 Å². The van der Waals surface area contributed by atoms with E-state index in [9.17, 15) is 17.6 Å². The zero-order valence-corrected chi connectivity index (χ0v) is 11.9. The van der Waals surface area contributed by atoms with E-state index < -0.39 is 29.0 Å². The van der Waals surface area contributed by atoms with Gasteiger partial charge in [-0.3, -0.25) is 0 Å². The van der Waals surface area contributed by atoms with Gasteiger partial charge in [0.05, 0.1) is 11.9 Å². The fourth-order valence-corrected chi connectivity index (χ4v) is 1.87. The molecule has 3 aromatic rings. The predicted octanol–water partition coefficient (Wildman–Crippen LogP) is 3.92. The summed E-state index contributed by atoms with van der Waals surface area (Å²) in [7, 11) is 0. The highest BCUT2D eigenvalue weighted by Gasteiger charge is 2.11. The minimum absolute atomic E-state index is 0.0417. The van der Waals surface area contributed by atoms with E-state index in [2.05, 4.69) is 25.8 Å². The number of para-hydroxylation sites is 1.